The molecule has 16 heavy (non-hydrogen) atoms. The third-order valence-electron chi connectivity index (χ3n) is 4.41. The van der Waals surface area contributed by atoms with Gasteiger partial charge < -0.3 is 10.5 Å². The van der Waals surface area contributed by atoms with Crippen molar-refractivity contribution in [1.29, 1.82) is 0 Å². The van der Waals surface area contributed by atoms with Crippen molar-refractivity contribution < 1.29 is 4.74 Å². The second kappa shape index (κ2) is 5.99. The minimum atomic E-state index is 0.469. The van der Waals surface area contributed by atoms with Crippen LogP contribution in [0.25, 0.3) is 0 Å². The molecule has 1 saturated carbocycles. The maximum absolute atomic E-state index is 6.01. The lowest BCUT2D eigenvalue weighted by Gasteiger charge is -2.38. The SMILES string of the molecule is NCC1(CCN2CCOCC2)CCCCC1. The molecule has 3 nitrogen and oxygen atoms in total. The summed E-state index contributed by atoms with van der Waals surface area (Å²) in [5, 5.41) is 0. The summed E-state index contributed by atoms with van der Waals surface area (Å²) >= 11 is 0. The Labute approximate surface area is 99.3 Å². The van der Waals surface area contributed by atoms with E-state index in [2.05, 4.69) is 4.90 Å². The van der Waals surface area contributed by atoms with Gasteiger partial charge in [-0.3, -0.25) is 4.90 Å². The highest BCUT2D eigenvalue weighted by Gasteiger charge is 2.30. The third-order valence-corrected chi connectivity index (χ3v) is 4.41. The van der Waals surface area contributed by atoms with Gasteiger partial charge in [0, 0.05) is 13.1 Å². The molecule has 94 valence electrons. The predicted molar refractivity (Wildman–Crippen MR) is 66.4 cm³/mol. The molecule has 2 rings (SSSR count). The standard InChI is InChI=1S/C13H26N2O/c14-12-13(4-2-1-3-5-13)6-7-15-8-10-16-11-9-15/h1-12,14H2. The Morgan fingerprint density at radius 1 is 1.06 bits per heavy atom. The van der Waals surface area contributed by atoms with E-state index in [-0.39, 0.29) is 0 Å². The number of rotatable bonds is 4. The summed E-state index contributed by atoms with van der Waals surface area (Å²) in [7, 11) is 0. The first-order valence-electron chi connectivity index (χ1n) is 6.85. The molecule has 0 unspecified atom stereocenters. The third kappa shape index (κ3) is 3.19. The molecule has 2 aliphatic rings. The van der Waals surface area contributed by atoms with Gasteiger partial charge in [0.15, 0.2) is 0 Å². The zero-order valence-electron chi connectivity index (χ0n) is 10.4. The van der Waals surface area contributed by atoms with E-state index in [1.54, 1.807) is 0 Å². The lowest BCUT2D eigenvalue weighted by Crippen LogP contribution is -2.41. The van der Waals surface area contributed by atoms with Gasteiger partial charge in [-0.2, -0.15) is 0 Å². The summed E-state index contributed by atoms with van der Waals surface area (Å²) in [6, 6.07) is 0. The van der Waals surface area contributed by atoms with Crippen molar-refractivity contribution in [2.45, 2.75) is 38.5 Å². The van der Waals surface area contributed by atoms with Crippen molar-refractivity contribution in [3.8, 4) is 0 Å². The highest BCUT2D eigenvalue weighted by Crippen LogP contribution is 2.38. The van der Waals surface area contributed by atoms with E-state index < -0.39 is 0 Å². The molecule has 2 fully saturated rings. The summed E-state index contributed by atoms with van der Waals surface area (Å²) in [6.07, 6.45) is 8.20. The lowest BCUT2D eigenvalue weighted by molar-refractivity contribution is 0.0284. The smallest absolute Gasteiger partial charge is 0.0594 e. The van der Waals surface area contributed by atoms with Crippen LogP contribution >= 0.6 is 0 Å². The van der Waals surface area contributed by atoms with E-state index in [4.69, 9.17) is 10.5 Å². The van der Waals surface area contributed by atoms with Gasteiger partial charge in [0.1, 0.15) is 0 Å². The molecule has 2 N–H and O–H groups in total. The van der Waals surface area contributed by atoms with Crippen LogP contribution in [0.4, 0.5) is 0 Å². The van der Waals surface area contributed by atoms with Gasteiger partial charge in [-0.15, -0.1) is 0 Å². The van der Waals surface area contributed by atoms with E-state index in [9.17, 15) is 0 Å². The van der Waals surface area contributed by atoms with Crippen LogP contribution in [-0.4, -0.2) is 44.3 Å². The van der Waals surface area contributed by atoms with E-state index in [1.165, 1.54) is 45.1 Å². The molecular formula is C13H26N2O. The molecule has 0 aromatic carbocycles. The molecule has 1 heterocycles. The van der Waals surface area contributed by atoms with Crippen LogP contribution in [-0.2, 0) is 4.74 Å². The maximum atomic E-state index is 6.01. The number of nitrogens with zero attached hydrogens (tertiary/aromatic N) is 1. The quantitative estimate of drug-likeness (QED) is 0.791. The van der Waals surface area contributed by atoms with Crippen LogP contribution in [0.3, 0.4) is 0 Å². The zero-order chi connectivity index (χ0) is 11.3. The Kier molecular flexibility index (Phi) is 4.62. The molecule has 0 bridgehead atoms. The molecule has 3 heteroatoms. The Hall–Kier alpha value is -0.120. The van der Waals surface area contributed by atoms with Gasteiger partial charge >= 0.3 is 0 Å². The van der Waals surface area contributed by atoms with Crippen molar-refractivity contribution in [3.63, 3.8) is 0 Å². The average Bonchev–Trinajstić information content (AvgIpc) is 2.39. The molecule has 0 aromatic rings. The molecular weight excluding hydrogens is 200 g/mol. The molecule has 1 aliphatic heterocycles. The first-order chi connectivity index (χ1) is 7.85. The molecule has 0 radical (unpaired) electrons. The average molecular weight is 226 g/mol. The Morgan fingerprint density at radius 2 is 1.75 bits per heavy atom. The Morgan fingerprint density at radius 3 is 2.38 bits per heavy atom. The maximum Gasteiger partial charge on any atom is 0.0594 e. The second-order valence-electron chi connectivity index (χ2n) is 5.47. The topological polar surface area (TPSA) is 38.5 Å². The summed E-state index contributed by atoms with van der Waals surface area (Å²) < 4.78 is 5.38. The van der Waals surface area contributed by atoms with Crippen LogP contribution in [0.1, 0.15) is 38.5 Å². The van der Waals surface area contributed by atoms with Crippen LogP contribution in [0.2, 0.25) is 0 Å². The minimum Gasteiger partial charge on any atom is -0.379 e. The summed E-state index contributed by atoms with van der Waals surface area (Å²) in [4.78, 5) is 2.54. The second-order valence-corrected chi connectivity index (χ2v) is 5.47. The molecule has 1 aliphatic carbocycles. The van der Waals surface area contributed by atoms with E-state index >= 15 is 0 Å². The number of ether oxygens (including phenoxy) is 1. The number of hydrogen-bond acceptors (Lipinski definition) is 3. The first-order valence-corrected chi connectivity index (χ1v) is 6.85. The van der Waals surface area contributed by atoms with Crippen LogP contribution < -0.4 is 5.73 Å². The summed E-state index contributed by atoms with van der Waals surface area (Å²) in [6.45, 7) is 6.16. The van der Waals surface area contributed by atoms with E-state index in [0.29, 0.717) is 5.41 Å². The summed E-state index contributed by atoms with van der Waals surface area (Å²) in [5.41, 5.74) is 6.48. The van der Waals surface area contributed by atoms with Gasteiger partial charge in [-0.25, -0.2) is 0 Å². The molecule has 0 atom stereocenters. The highest BCUT2D eigenvalue weighted by molar-refractivity contribution is 4.84. The van der Waals surface area contributed by atoms with Crippen molar-refractivity contribution in [1.82, 2.24) is 4.90 Å². The fraction of sp³-hybridized carbons (Fsp3) is 1.00. The van der Waals surface area contributed by atoms with Crippen LogP contribution in [0.15, 0.2) is 0 Å². The van der Waals surface area contributed by atoms with Crippen molar-refractivity contribution in [2.75, 3.05) is 39.4 Å². The predicted octanol–water partition coefficient (Wildman–Crippen LogP) is 1.62. The van der Waals surface area contributed by atoms with Crippen LogP contribution in [0, 0.1) is 5.41 Å². The molecule has 0 spiro atoms. The number of morpholine rings is 1. The largest absolute Gasteiger partial charge is 0.379 e. The van der Waals surface area contributed by atoms with Crippen molar-refractivity contribution in [2.24, 2.45) is 11.1 Å². The van der Waals surface area contributed by atoms with Crippen LogP contribution in [0.5, 0.6) is 0 Å². The lowest BCUT2D eigenvalue weighted by atomic mass is 9.72. The Balaban J connectivity index is 1.77. The fourth-order valence-corrected chi connectivity index (χ4v) is 3.08. The molecule has 0 aromatic heterocycles. The van der Waals surface area contributed by atoms with E-state index in [0.717, 1.165) is 32.8 Å². The van der Waals surface area contributed by atoms with Crippen molar-refractivity contribution >= 4 is 0 Å². The monoisotopic (exact) mass is 226 g/mol. The first kappa shape index (κ1) is 12.3. The zero-order valence-corrected chi connectivity index (χ0v) is 10.4. The highest BCUT2D eigenvalue weighted by atomic mass is 16.5. The minimum absolute atomic E-state index is 0.469. The fourth-order valence-electron chi connectivity index (χ4n) is 3.08. The number of nitrogens with two attached hydrogens (primary N) is 1. The normalized spacial score (nSPS) is 26.8. The number of hydrogen-bond donors (Lipinski definition) is 1. The Bertz CT molecular complexity index is 196. The van der Waals surface area contributed by atoms with Gasteiger partial charge in [0.2, 0.25) is 0 Å². The summed E-state index contributed by atoms with van der Waals surface area (Å²) in [5.74, 6) is 0. The van der Waals surface area contributed by atoms with Gasteiger partial charge in [0.25, 0.3) is 0 Å². The van der Waals surface area contributed by atoms with Gasteiger partial charge in [0.05, 0.1) is 13.2 Å². The van der Waals surface area contributed by atoms with E-state index in [1.807, 2.05) is 0 Å². The van der Waals surface area contributed by atoms with Crippen molar-refractivity contribution in [3.05, 3.63) is 0 Å². The van der Waals surface area contributed by atoms with Gasteiger partial charge in [-0.1, -0.05) is 19.3 Å². The van der Waals surface area contributed by atoms with Gasteiger partial charge in [-0.05, 0) is 37.8 Å². The molecule has 0 amide bonds. The molecule has 1 saturated heterocycles.